The van der Waals surface area contributed by atoms with E-state index in [2.05, 4.69) is 5.32 Å². The van der Waals surface area contributed by atoms with E-state index < -0.39 is 17.6 Å². The molecular weight excluding hydrogens is 307 g/mol. The van der Waals surface area contributed by atoms with Gasteiger partial charge in [-0.25, -0.2) is 0 Å². The van der Waals surface area contributed by atoms with Crippen molar-refractivity contribution >= 4 is 5.91 Å². The topological polar surface area (TPSA) is 38.3 Å². The lowest BCUT2D eigenvalue weighted by molar-refractivity contribution is -0.137. The van der Waals surface area contributed by atoms with Crippen molar-refractivity contribution in [2.75, 3.05) is 7.11 Å². The number of amides is 1. The second-order valence-corrected chi connectivity index (χ2v) is 5.05. The molecule has 0 unspecified atom stereocenters. The summed E-state index contributed by atoms with van der Waals surface area (Å²) in [6.07, 6.45) is -4.47. The first-order chi connectivity index (χ1) is 10.8. The first kappa shape index (κ1) is 16.9. The summed E-state index contributed by atoms with van der Waals surface area (Å²) in [6, 6.07) is 11.1. The van der Waals surface area contributed by atoms with Gasteiger partial charge in [-0.1, -0.05) is 18.2 Å². The number of hydrogen-bond acceptors (Lipinski definition) is 2. The van der Waals surface area contributed by atoms with Crippen LogP contribution in [0.5, 0.6) is 5.75 Å². The molecule has 1 amide bonds. The van der Waals surface area contributed by atoms with Crippen LogP contribution in [0, 0.1) is 0 Å². The maximum absolute atomic E-state index is 12.7. The molecule has 1 N–H and O–H groups in total. The summed E-state index contributed by atoms with van der Waals surface area (Å²) in [5, 5.41) is 2.68. The van der Waals surface area contributed by atoms with Crippen molar-refractivity contribution in [2.24, 2.45) is 0 Å². The Morgan fingerprint density at radius 3 is 2.35 bits per heavy atom. The van der Waals surface area contributed by atoms with Gasteiger partial charge in [0.25, 0.3) is 5.91 Å². The first-order valence-corrected chi connectivity index (χ1v) is 6.93. The van der Waals surface area contributed by atoms with Gasteiger partial charge in [-0.05, 0) is 42.8 Å². The molecule has 122 valence electrons. The van der Waals surface area contributed by atoms with Crippen LogP contribution in [0.15, 0.2) is 48.5 Å². The summed E-state index contributed by atoms with van der Waals surface area (Å²) in [5.74, 6) is 0.129. The summed E-state index contributed by atoms with van der Waals surface area (Å²) in [4.78, 5) is 12.1. The van der Waals surface area contributed by atoms with E-state index in [0.717, 1.165) is 17.7 Å². The minimum Gasteiger partial charge on any atom is -0.497 e. The predicted molar refractivity (Wildman–Crippen MR) is 80.3 cm³/mol. The Balaban J connectivity index is 2.11. The van der Waals surface area contributed by atoms with Crippen LogP contribution in [0.1, 0.15) is 34.5 Å². The second-order valence-electron chi connectivity index (χ2n) is 5.05. The average Bonchev–Trinajstić information content (AvgIpc) is 2.54. The van der Waals surface area contributed by atoms with E-state index in [-0.39, 0.29) is 11.6 Å². The third-order valence-corrected chi connectivity index (χ3v) is 3.42. The van der Waals surface area contributed by atoms with E-state index in [9.17, 15) is 18.0 Å². The number of carbonyl (C=O) groups excluding carboxylic acids is 1. The molecule has 0 aliphatic rings. The highest BCUT2D eigenvalue weighted by molar-refractivity contribution is 5.94. The Labute approximate surface area is 132 Å². The smallest absolute Gasteiger partial charge is 0.416 e. The Morgan fingerprint density at radius 2 is 1.78 bits per heavy atom. The van der Waals surface area contributed by atoms with Crippen molar-refractivity contribution in [3.8, 4) is 5.75 Å². The van der Waals surface area contributed by atoms with Gasteiger partial charge < -0.3 is 10.1 Å². The molecule has 2 aromatic carbocycles. The van der Waals surface area contributed by atoms with Crippen LogP contribution >= 0.6 is 0 Å². The Kier molecular flexibility index (Phi) is 4.93. The Bertz CT molecular complexity index is 681. The standard InChI is InChI=1S/C17H16F3NO2/c1-11(12-6-8-15(23-2)9-7-12)21-16(22)13-4-3-5-14(10-13)17(18,19)20/h3-11H,1-2H3,(H,21,22)/t11-/m1/s1. The van der Waals surface area contributed by atoms with Gasteiger partial charge in [0.1, 0.15) is 5.75 Å². The van der Waals surface area contributed by atoms with Crippen LogP contribution in [0.4, 0.5) is 13.2 Å². The van der Waals surface area contributed by atoms with Gasteiger partial charge in [0.05, 0.1) is 18.7 Å². The van der Waals surface area contributed by atoms with Gasteiger partial charge in [0.2, 0.25) is 0 Å². The highest BCUT2D eigenvalue weighted by Gasteiger charge is 2.31. The van der Waals surface area contributed by atoms with Crippen LogP contribution in [-0.2, 0) is 6.18 Å². The fourth-order valence-corrected chi connectivity index (χ4v) is 2.09. The largest absolute Gasteiger partial charge is 0.497 e. The molecule has 0 saturated heterocycles. The van der Waals surface area contributed by atoms with Crippen molar-refractivity contribution in [3.05, 3.63) is 65.2 Å². The maximum Gasteiger partial charge on any atom is 0.416 e. The first-order valence-electron chi connectivity index (χ1n) is 6.93. The van der Waals surface area contributed by atoms with Crippen LogP contribution < -0.4 is 10.1 Å². The van der Waals surface area contributed by atoms with E-state index in [1.807, 2.05) is 0 Å². The number of hydrogen-bond donors (Lipinski definition) is 1. The second kappa shape index (κ2) is 6.73. The number of halogens is 3. The zero-order valence-electron chi connectivity index (χ0n) is 12.6. The van der Waals surface area contributed by atoms with Crippen LogP contribution in [0.3, 0.4) is 0 Å². The van der Waals surface area contributed by atoms with Crippen molar-refractivity contribution in [2.45, 2.75) is 19.1 Å². The summed E-state index contributed by atoms with van der Waals surface area (Å²) in [6.45, 7) is 1.76. The number of carbonyl (C=O) groups is 1. The zero-order chi connectivity index (χ0) is 17.0. The summed E-state index contributed by atoms with van der Waals surface area (Å²) >= 11 is 0. The van der Waals surface area contributed by atoms with Crippen molar-refractivity contribution in [3.63, 3.8) is 0 Å². The quantitative estimate of drug-likeness (QED) is 0.915. The molecule has 0 aromatic heterocycles. The minimum atomic E-state index is -4.47. The van der Waals surface area contributed by atoms with E-state index in [1.165, 1.54) is 12.1 Å². The number of rotatable bonds is 4. The lowest BCUT2D eigenvalue weighted by Gasteiger charge is -2.15. The molecule has 2 rings (SSSR count). The number of alkyl halides is 3. The molecule has 1 atom stereocenters. The number of ether oxygens (including phenoxy) is 1. The van der Waals surface area contributed by atoms with Crippen molar-refractivity contribution in [1.82, 2.24) is 5.32 Å². The maximum atomic E-state index is 12.7. The highest BCUT2D eigenvalue weighted by Crippen LogP contribution is 2.29. The number of nitrogens with one attached hydrogen (secondary N) is 1. The summed E-state index contributed by atoms with van der Waals surface area (Å²) < 4.78 is 43.1. The molecule has 0 spiro atoms. The van der Waals surface area contributed by atoms with Gasteiger partial charge in [0.15, 0.2) is 0 Å². The fourth-order valence-electron chi connectivity index (χ4n) is 2.09. The molecular formula is C17H16F3NO2. The van der Waals surface area contributed by atoms with Crippen molar-refractivity contribution < 1.29 is 22.7 Å². The molecule has 0 aliphatic heterocycles. The van der Waals surface area contributed by atoms with Gasteiger partial charge in [-0.2, -0.15) is 13.2 Å². The monoisotopic (exact) mass is 323 g/mol. The highest BCUT2D eigenvalue weighted by atomic mass is 19.4. The lowest BCUT2D eigenvalue weighted by Crippen LogP contribution is -2.26. The van der Waals surface area contributed by atoms with Crippen molar-refractivity contribution in [1.29, 1.82) is 0 Å². The van der Waals surface area contributed by atoms with E-state index in [4.69, 9.17) is 4.74 Å². The van der Waals surface area contributed by atoms with Crippen LogP contribution in [0.25, 0.3) is 0 Å². The number of methoxy groups -OCH3 is 1. The molecule has 0 heterocycles. The van der Waals surface area contributed by atoms with Gasteiger partial charge >= 0.3 is 6.18 Å². The normalized spacial score (nSPS) is 12.6. The summed E-state index contributed by atoms with van der Waals surface area (Å²) in [5.41, 5.74) is -0.0476. The predicted octanol–water partition coefficient (Wildman–Crippen LogP) is 4.21. The molecule has 0 radical (unpaired) electrons. The SMILES string of the molecule is COc1ccc([C@@H](C)NC(=O)c2cccc(C(F)(F)F)c2)cc1. The molecule has 6 heteroatoms. The molecule has 0 aliphatic carbocycles. The summed E-state index contributed by atoms with van der Waals surface area (Å²) in [7, 11) is 1.55. The molecule has 0 fully saturated rings. The molecule has 0 saturated carbocycles. The molecule has 2 aromatic rings. The lowest BCUT2D eigenvalue weighted by atomic mass is 10.1. The third-order valence-electron chi connectivity index (χ3n) is 3.42. The number of benzene rings is 2. The van der Waals surface area contributed by atoms with E-state index >= 15 is 0 Å². The zero-order valence-corrected chi connectivity index (χ0v) is 12.6. The van der Waals surface area contributed by atoms with Crippen LogP contribution in [0.2, 0.25) is 0 Å². The molecule has 3 nitrogen and oxygen atoms in total. The van der Waals surface area contributed by atoms with Gasteiger partial charge in [-0.3, -0.25) is 4.79 Å². The van der Waals surface area contributed by atoms with Gasteiger partial charge in [0, 0.05) is 5.56 Å². The average molecular weight is 323 g/mol. The molecule has 0 bridgehead atoms. The fraction of sp³-hybridized carbons (Fsp3) is 0.235. The van der Waals surface area contributed by atoms with Crippen LogP contribution in [-0.4, -0.2) is 13.0 Å². The van der Waals surface area contributed by atoms with E-state index in [1.54, 1.807) is 38.3 Å². The van der Waals surface area contributed by atoms with Gasteiger partial charge in [-0.15, -0.1) is 0 Å². The Hall–Kier alpha value is -2.50. The minimum absolute atomic E-state index is 0.0276. The third kappa shape index (κ3) is 4.25. The Morgan fingerprint density at radius 1 is 1.13 bits per heavy atom. The molecule has 23 heavy (non-hydrogen) atoms. The van der Waals surface area contributed by atoms with E-state index in [0.29, 0.717) is 5.75 Å².